The zero-order valence-corrected chi connectivity index (χ0v) is 13.7. The number of pyridine rings is 1. The summed E-state index contributed by atoms with van der Waals surface area (Å²) in [6.45, 7) is 2.03. The standard InChI is InChI=1S/C20H17FN2O2/c1-14-6-9-17(10-7-14)22-20(25)16-8-11-19(24)23(13-16)12-15-4-2-3-5-18(15)21/h2-11,13H,12H2,1H3,(H,22,25). The number of aromatic nitrogens is 1. The molecule has 126 valence electrons. The summed E-state index contributed by atoms with van der Waals surface area (Å²) >= 11 is 0. The second kappa shape index (κ2) is 7.13. The molecule has 0 atom stereocenters. The van der Waals surface area contributed by atoms with Crippen LogP contribution in [0.25, 0.3) is 0 Å². The lowest BCUT2D eigenvalue weighted by atomic mass is 10.2. The third kappa shape index (κ3) is 4.01. The van der Waals surface area contributed by atoms with Crippen molar-refractivity contribution in [2.75, 3.05) is 5.32 Å². The van der Waals surface area contributed by atoms with E-state index in [0.717, 1.165) is 5.56 Å². The molecular formula is C20H17FN2O2. The Labute approximate surface area is 144 Å². The van der Waals surface area contributed by atoms with Crippen molar-refractivity contribution in [3.63, 3.8) is 0 Å². The summed E-state index contributed by atoms with van der Waals surface area (Å²) in [5.41, 5.74) is 2.19. The Morgan fingerprint density at radius 1 is 1.04 bits per heavy atom. The van der Waals surface area contributed by atoms with Gasteiger partial charge in [-0.2, -0.15) is 0 Å². The third-order valence-electron chi connectivity index (χ3n) is 3.85. The molecule has 0 saturated carbocycles. The first-order valence-electron chi connectivity index (χ1n) is 7.85. The van der Waals surface area contributed by atoms with E-state index in [0.29, 0.717) is 16.8 Å². The van der Waals surface area contributed by atoms with Crippen molar-refractivity contribution >= 4 is 11.6 Å². The molecule has 1 heterocycles. The van der Waals surface area contributed by atoms with Crippen LogP contribution in [0.2, 0.25) is 0 Å². The molecule has 1 aromatic heterocycles. The maximum absolute atomic E-state index is 13.8. The predicted molar refractivity (Wildman–Crippen MR) is 95.3 cm³/mol. The van der Waals surface area contributed by atoms with Crippen LogP contribution in [0.3, 0.4) is 0 Å². The highest BCUT2D eigenvalue weighted by Crippen LogP contribution is 2.11. The maximum atomic E-state index is 13.8. The van der Waals surface area contributed by atoms with Gasteiger partial charge in [-0.05, 0) is 31.2 Å². The van der Waals surface area contributed by atoms with E-state index in [1.165, 1.54) is 29.0 Å². The van der Waals surface area contributed by atoms with Crippen molar-refractivity contribution in [3.8, 4) is 0 Å². The molecular weight excluding hydrogens is 319 g/mol. The number of rotatable bonds is 4. The zero-order valence-electron chi connectivity index (χ0n) is 13.7. The summed E-state index contributed by atoms with van der Waals surface area (Å²) in [4.78, 5) is 24.4. The molecule has 0 aliphatic carbocycles. The summed E-state index contributed by atoms with van der Waals surface area (Å²) in [6.07, 6.45) is 1.44. The molecule has 1 amide bonds. The van der Waals surface area contributed by atoms with E-state index in [1.54, 1.807) is 18.2 Å². The van der Waals surface area contributed by atoms with Crippen LogP contribution in [0.5, 0.6) is 0 Å². The fraction of sp³-hybridized carbons (Fsp3) is 0.100. The van der Waals surface area contributed by atoms with Crippen LogP contribution in [0.1, 0.15) is 21.5 Å². The van der Waals surface area contributed by atoms with Gasteiger partial charge in [-0.15, -0.1) is 0 Å². The van der Waals surface area contributed by atoms with Crippen LogP contribution in [0, 0.1) is 12.7 Å². The number of carbonyl (C=O) groups is 1. The van der Waals surface area contributed by atoms with Crippen LogP contribution in [-0.4, -0.2) is 10.5 Å². The van der Waals surface area contributed by atoms with Gasteiger partial charge in [-0.25, -0.2) is 4.39 Å². The van der Waals surface area contributed by atoms with E-state index >= 15 is 0 Å². The van der Waals surface area contributed by atoms with Gasteiger partial charge >= 0.3 is 0 Å². The van der Waals surface area contributed by atoms with E-state index < -0.39 is 0 Å². The number of amides is 1. The lowest BCUT2D eigenvalue weighted by Gasteiger charge is -2.10. The van der Waals surface area contributed by atoms with Gasteiger partial charge in [-0.3, -0.25) is 9.59 Å². The van der Waals surface area contributed by atoms with Crippen LogP contribution < -0.4 is 10.9 Å². The normalized spacial score (nSPS) is 10.5. The molecule has 0 bridgehead atoms. The largest absolute Gasteiger partial charge is 0.322 e. The van der Waals surface area contributed by atoms with Crippen LogP contribution in [-0.2, 0) is 6.54 Å². The van der Waals surface area contributed by atoms with E-state index in [4.69, 9.17) is 0 Å². The first-order valence-corrected chi connectivity index (χ1v) is 7.85. The second-order valence-corrected chi connectivity index (χ2v) is 5.80. The highest BCUT2D eigenvalue weighted by molar-refractivity contribution is 6.04. The average molecular weight is 336 g/mol. The number of nitrogens with one attached hydrogen (secondary N) is 1. The van der Waals surface area contributed by atoms with Crippen LogP contribution >= 0.6 is 0 Å². The van der Waals surface area contributed by atoms with Crippen molar-refractivity contribution in [1.29, 1.82) is 0 Å². The van der Waals surface area contributed by atoms with Crippen molar-refractivity contribution in [1.82, 2.24) is 4.57 Å². The lowest BCUT2D eigenvalue weighted by Crippen LogP contribution is -2.23. The first kappa shape index (κ1) is 16.6. The van der Waals surface area contributed by atoms with Crippen molar-refractivity contribution in [3.05, 3.63) is 99.7 Å². The number of carbonyl (C=O) groups excluding carboxylic acids is 1. The van der Waals surface area contributed by atoms with E-state index in [1.807, 2.05) is 31.2 Å². The number of nitrogens with zero attached hydrogens (tertiary/aromatic N) is 1. The Hall–Kier alpha value is -3.21. The van der Waals surface area contributed by atoms with Crippen molar-refractivity contribution in [2.24, 2.45) is 0 Å². The summed E-state index contributed by atoms with van der Waals surface area (Å²) < 4.78 is 15.1. The molecule has 0 aliphatic heterocycles. The van der Waals surface area contributed by atoms with E-state index in [9.17, 15) is 14.0 Å². The first-order chi connectivity index (χ1) is 12.0. The molecule has 1 N–H and O–H groups in total. The smallest absolute Gasteiger partial charge is 0.257 e. The Morgan fingerprint density at radius 3 is 2.48 bits per heavy atom. The minimum Gasteiger partial charge on any atom is -0.322 e. The summed E-state index contributed by atoms with van der Waals surface area (Å²) in [5, 5.41) is 2.78. The van der Waals surface area contributed by atoms with Gasteiger partial charge in [0.2, 0.25) is 0 Å². The molecule has 0 radical (unpaired) electrons. The van der Waals surface area contributed by atoms with Crippen LogP contribution in [0.4, 0.5) is 10.1 Å². The Bertz CT molecular complexity index is 962. The van der Waals surface area contributed by atoms with Gasteiger partial charge in [0, 0.05) is 23.5 Å². The Morgan fingerprint density at radius 2 is 1.76 bits per heavy atom. The minimum atomic E-state index is -0.385. The monoisotopic (exact) mass is 336 g/mol. The van der Waals surface area contributed by atoms with Gasteiger partial charge in [0.05, 0.1) is 12.1 Å². The van der Waals surface area contributed by atoms with Gasteiger partial charge in [0.15, 0.2) is 0 Å². The van der Waals surface area contributed by atoms with Crippen molar-refractivity contribution < 1.29 is 9.18 Å². The lowest BCUT2D eigenvalue weighted by molar-refractivity contribution is 0.102. The quantitative estimate of drug-likeness (QED) is 0.791. The molecule has 2 aromatic carbocycles. The fourth-order valence-corrected chi connectivity index (χ4v) is 2.44. The minimum absolute atomic E-state index is 0.0666. The van der Waals surface area contributed by atoms with Crippen molar-refractivity contribution in [2.45, 2.75) is 13.5 Å². The van der Waals surface area contributed by atoms with Gasteiger partial charge < -0.3 is 9.88 Å². The highest BCUT2D eigenvalue weighted by atomic mass is 19.1. The zero-order chi connectivity index (χ0) is 17.8. The topological polar surface area (TPSA) is 51.1 Å². The number of hydrogen-bond acceptors (Lipinski definition) is 2. The second-order valence-electron chi connectivity index (χ2n) is 5.80. The highest BCUT2D eigenvalue weighted by Gasteiger charge is 2.10. The Balaban J connectivity index is 1.83. The molecule has 0 saturated heterocycles. The number of halogens is 1. The number of benzene rings is 2. The molecule has 3 rings (SSSR count). The molecule has 4 nitrogen and oxygen atoms in total. The van der Waals surface area contributed by atoms with Gasteiger partial charge in [0.1, 0.15) is 5.82 Å². The van der Waals surface area contributed by atoms with Gasteiger partial charge in [-0.1, -0.05) is 35.9 Å². The molecule has 0 spiro atoms. The Kier molecular flexibility index (Phi) is 4.75. The summed E-state index contributed by atoms with van der Waals surface area (Å²) in [7, 11) is 0. The fourth-order valence-electron chi connectivity index (χ4n) is 2.44. The number of hydrogen-bond donors (Lipinski definition) is 1. The van der Waals surface area contributed by atoms with E-state index in [-0.39, 0.29) is 23.8 Å². The van der Waals surface area contributed by atoms with Crippen LogP contribution in [0.15, 0.2) is 71.7 Å². The molecule has 3 aromatic rings. The third-order valence-corrected chi connectivity index (χ3v) is 3.85. The average Bonchev–Trinajstić information content (AvgIpc) is 2.60. The molecule has 0 fully saturated rings. The van der Waals surface area contributed by atoms with Gasteiger partial charge in [0.25, 0.3) is 11.5 Å². The summed E-state index contributed by atoms with van der Waals surface area (Å²) in [6, 6.07) is 16.4. The van der Waals surface area contributed by atoms with E-state index in [2.05, 4.69) is 5.32 Å². The summed E-state index contributed by atoms with van der Waals surface area (Å²) in [5.74, 6) is -0.713. The molecule has 0 unspecified atom stereocenters. The number of anilines is 1. The maximum Gasteiger partial charge on any atom is 0.257 e. The number of aryl methyl sites for hydroxylation is 1. The molecule has 5 heteroatoms. The predicted octanol–water partition coefficient (Wildman–Crippen LogP) is 3.60. The molecule has 0 aliphatic rings. The SMILES string of the molecule is Cc1ccc(NC(=O)c2ccc(=O)n(Cc3ccccc3F)c2)cc1. The molecule has 25 heavy (non-hydrogen) atoms.